The second kappa shape index (κ2) is 10.9. The molecule has 1 saturated heterocycles. The van der Waals surface area contributed by atoms with Gasteiger partial charge in [-0.15, -0.1) is 0 Å². The molecule has 0 unspecified atom stereocenters. The van der Waals surface area contributed by atoms with Crippen LogP contribution in [0.1, 0.15) is 18.4 Å². The Morgan fingerprint density at radius 3 is 2.37 bits per heavy atom. The molecule has 0 spiro atoms. The number of ether oxygens (including phenoxy) is 1. The maximum atomic E-state index is 13.4. The van der Waals surface area contributed by atoms with Crippen LogP contribution in [0.5, 0.6) is 11.5 Å². The van der Waals surface area contributed by atoms with Crippen LogP contribution in [-0.2, 0) is 9.59 Å². The molecule has 3 aromatic carbocycles. The fourth-order valence-electron chi connectivity index (χ4n) is 3.84. The van der Waals surface area contributed by atoms with Crippen LogP contribution in [0.3, 0.4) is 0 Å². The molecule has 2 amide bonds. The number of carbonyl (C=O) groups excluding carboxylic acids is 2. The molecule has 0 aromatic heterocycles. The highest BCUT2D eigenvalue weighted by atomic mass is 19.2. The number of anilines is 1. The fourth-order valence-corrected chi connectivity index (χ4v) is 3.84. The average Bonchev–Trinajstić information content (AvgIpc) is 2.86. The minimum atomic E-state index is -1.13. The summed E-state index contributed by atoms with van der Waals surface area (Å²) in [5, 5.41) is 8.91. The molecule has 180 valence electrons. The lowest BCUT2D eigenvalue weighted by molar-refractivity contribution is -0.129. The summed E-state index contributed by atoms with van der Waals surface area (Å²) in [5.41, 5.74) is -0.261. The number of para-hydroxylation sites is 1. The van der Waals surface area contributed by atoms with Gasteiger partial charge >= 0.3 is 0 Å². The van der Waals surface area contributed by atoms with Gasteiger partial charge in [0.05, 0.1) is 0 Å². The van der Waals surface area contributed by atoms with Crippen molar-refractivity contribution in [1.29, 1.82) is 0 Å². The van der Waals surface area contributed by atoms with Crippen LogP contribution in [-0.4, -0.2) is 30.4 Å². The Bertz CT molecular complexity index is 1230. The molecule has 3 N–H and O–H groups in total. The third-order valence-corrected chi connectivity index (χ3v) is 5.70. The van der Waals surface area contributed by atoms with Gasteiger partial charge in [-0.25, -0.2) is 8.78 Å². The third-order valence-electron chi connectivity index (χ3n) is 5.70. The highest BCUT2D eigenvalue weighted by Gasteiger charge is 2.40. The summed E-state index contributed by atoms with van der Waals surface area (Å²) >= 11 is 0. The molecule has 1 heterocycles. The maximum absolute atomic E-state index is 13.4. The molecule has 0 aliphatic carbocycles. The van der Waals surface area contributed by atoms with Crippen LogP contribution in [0.25, 0.3) is 6.08 Å². The molecule has 8 heteroatoms. The summed E-state index contributed by atoms with van der Waals surface area (Å²) in [5.74, 6) is -1.58. The van der Waals surface area contributed by atoms with Crippen molar-refractivity contribution in [2.45, 2.75) is 18.4 Å². The number of nitrogens with one attached hydrogen (secondary N) is 3. The summed E-state index contributed by atoms with van der Waals surface area (Å²) in [4.78, 5) is 26.0. The summed E-state index contributed by atoms with van der Waals surface area (Å²) in [6.07, 6.45) is 3.36. The molecule has 0 saturated carbocycles. The second-order valence-corrected chi connectivity index (χ2v) is 8.23. The van der Waals surface area contributed by atoms with Crippen molar-refractivity contribution in [3.63, 3.8) is 0 Å². The highest BCUT2D eigenvalue weighted by molar-refractivity contribution is 6.03. The van der Waals surface area contributed by atoms with E-state index in [-0.39, 0.29) is 5.91 Å². The normalized spacial score (nSPS) is 14.9. The van der Waals surface area contributed by atoms with Gasteiger partial charge in [-0.3, -0.25) is 9.59 Å². The minimum Gasteiger partial charge on any atom is -0.457 e. The quantitative estimate of drug-likeness (QED) is 0.433. The number of amides is 2. The lowest BCUT2D eigenvalue weighted by Crippen LogP contribution is -2.61. The molecule has 0 radical (unpaired) electrons. The molecule has 3 aromatic rings. The Morgan fingerprint density at radius 1 is 0.886 bits per heavy atom. The van der Waals surface area contributed by atoms with Crippen molar-refractivity contribution < 1.29 is 23.1 Å². The Hall–Kier alpha value is -4.04. The first-order chi connectivity index (χ1) is 16.9. The van der Waals surface area contributed by atoms with Gasteiger partial charge < -0.3 is 20.7 Å². The lowest BCUT2D eigenvalue weighted by atomic mass is 9.87. The Kier molecular flexibility index (Phi) is 7.52. The van der Waals surface area contributed by atoms with Gasteiger partial charge in [0, 0.05) is 17.8 Å². The number of hydrogen-bond donors (Lipinski definition) is 3. The van der Waals surface area contributed by atoms with Crippen molar-refractivity contribution in [2.75, 3.05) is 18.4 Å². The molecule has 35 heavy (non-hydrogen) atoms. The van der Waals surface area contributed by atoms with E-state index in [4.69, 9.17) is 4.74 Å². The molecule has 1 aliphatic rings. The van der Waals surface area contributed by atoms with Gasteiger partial charge in [-0.05, 0) is 74.0 Å². The molecule has 4 rings (SSSR count). The van der Waals surface area contributed by atoms with Crippen molar-refractivity contribution in [3.05, 3.63) is 96.1 Å². The van der Waals surface area contributed by atoms with Crippen LogP contribution < -0.4 is 20.7 Å². The Morgan fingerprint density at radius 2 is 1.63 bits per heavy atom. The van der Waals surface area contributed by atoms with Gasteiger partial charge in [0.2, 0.25) is 11.8 Å². The van der Waals surface area contributed by atoms with Crippen LogP contribution in [0.2, 0.25) is 0 Å². The van der Waals surface area contributed by atoms with Crippen LogP contribution in [0.15, 0.2) is 78.9 Å². The van der Waals surface area contributed by atoms with Gasteiger partial charge in [-0.2, -0.15) is 0 Å². The first-order valence-electron chi connectivity index (χ1n) is 11.2. The molecular weight excluding hydrogens is 452 g/mol. The largest absolute Gasteiger partial charge is 0.457 e. The first kappa shape index (κ1) is 24.1. The van der Waals surface area contributed by atoms with Crippen molar-refractivity contribution in [2.24, 2.45) is 0 Å². The van der Waals surface area contributed by atoms with E-state index in [9.17, 15) is 18.4 Å². The number of piperidine rings is 1. The summed E-state index contributed by atoms with van der Waals surface area (Å²) in [6.45, 7) is 1.11. The molecule has 0 bridgehead atoms. The van der Waals surface area contributed by atoms with Crippen LogP contribution >= 0.6 is 0 Å². The molecular formula is C27H25F2N3O3. The maximum Gasteiger partial charge on any atom is 0.250 e. The van der Waals surface area contributed by atoms with Crippen molar-refractivity contribution in [1.82, 2.24) is 10.6 Å². The molecule has 0 atom stereocenters. The van der Waals surface area contributed by atoms with Crippen LogP contribution in [0, 0.1) is 11.6 Å². The second-order valence-electron chi connectivity index (χ2n) is 8.23. The summed E-state index contributed by atoms with van der Waals surface area (Å²) < 4.78 is 32.4. The standard InChI is InChI=1S/C27H25F2N3O3/c28-23-11-9-19(17-24(23)29)10-12-25(33)32-27(13-15-30-16-14-27)26(34)31-20-5-4-8-22(18-20)35-21-6-2-1-3-7-21/h1-12,17-18,30H,13-16H2,(H,31,34)(H,32,33)/b12-10+. The van der Waals surface area contributed by atoms with Gasteiger partial charge in [-0.1, -0.05) is 30.3 Å². The van der Waals surface area contributed by atoms with E-state index >= 15 is 0 Å². The zero-order chi connectivity index (χ0) is 24.7. The van der Waals surface area contributed by atoms with Crippen LogP contribution in [0.4, 0.5) is 14.5 Å². The van der Waals surface area contributed by atoms with Gasteiger partial charge in [0.1, 0.15) is 17.0 Å². The van der Waals surface area contributed by atoms with E-state index < -0.39 is 23.1 Å². The van der Waals surface area contributed by atoms with Crippen molar-refractivity contribution in [3.8, 4) is 11.5 Å². The number of carbonyl (C=O) groups is 2. The van der Waals surface area contributed by atoms with E-state index in [1.165, 1.54) is 18.2 Å². The average molecular weight is 478 g/mol. The number of rotatable bonds is 7. The highest BCUT2D eigenvalue weighted by Crippen LogP contribution is 2.26. The minimum absolute atomic E-state index is 0.332. The number of halogens is 2. The van der Waals surface area contributed by atoms with E-state index in [2.05, 4.69) is 16.0 Å². The summed E-state index contributed by atoms with van der Waals surface area (Å²) in [7, 11) is 0. The van der Waals surface area contributed by atoms with E-state index in [1.807, 2.05) is 30.3 Å². The van der Waals surface area contributed by atoms with Gasteiger partial charge in [0.25, 0.3) is 0 Å². The van der Waals surface area contributed by atoms with E-state index in [0.29, 0.717) is 48.7 Å². The molecule has 6 nitrogen and oxygen atoms in total. The number of benzene rings is 3. The molecule has 1 fully saturated rings. The fraction of sp³-hybridized carbons (Fsp3) is 0.185. The monoisotopic (exact) mass is 477 g/mol. The topological polar surface area (TPSA) is 79.5 Å². The SMILES string of the molecule is O=C(/C=C/c1ccc(F)c(F)c1)NC1(C(=O)Nc2cccc(Oc3ccccc3)c2)CCNCC1. The predicted octanol–water partition coefficient (Wildman–Crippen LogP) is 4.65. The Labute approximate surface area is 202 Å². The Balaban J connectivity index is 1.46. The van der Waals surface area contributed by atoms with E-state index in [0.717, 1.165) is 12.1 Å². The van der Waals surface area contributed by atoms with Crippen molar-refractivity contribution >= 4 is 23.6 Å². The zero-order valence-electron chi connectivity index (χ0n) is 18.9. The predicted molar refractivity (Wildman–Crippen MR) is 130 cm³/mol. The third kappa shape index (κ3) is 6.30. The molecule has 1 aliphatic heterocycles. The summed E-state index contributed by atoms with van der Waals surface area (Å²) in [6, 6.07) is 19.7. The first-order valence-corrected chi connectivity index (χ1v) is 11.2. The number of hydrogen-bond acceptors (Lipinski definition) is 4. The van der Waals surface area contributed by atoms with Gasteiger partial charge in [0.15, 0.2) is 11.6 Å². The van der Waals surface area contributed by atoms with E-state index in [1.54, 1.807) is 24.3 Å². The smallest absolute Gasteiger partial charge is 0.250 e. The lowest BCUT2D eigenvalue weighted by Gasteiger charge is -2.36. The zero-order valence-corrected chi connectivity index (χ0v) is 18.9.